The fourth-order valence-electron chi connectivity index (χ4n) is 2.12. The molecule has 1 amide bonds. The maximum Gasteiger partial charge on any atom is 0.266 e. The summed E-state index contributed by atoms with van der Waals surface area (Å²) >= 11 is 5.79. The Morgan fingerprint density at radius 3 is 2.30 bits per heavy atom. The molecule has 0 saturated heterocycles. The fourth-order valence-corrected chi connectivity index (χ4v) is 2.25. The van der Waals surface area contributed by atoms with E-state index in [-0.39, 0.29) is 11.3 Å². The highest BCUT2D eigenvalue weighted by molar-refractivity contribution is 6.30. The van der Waals surface area contributed by atoms with E-state index < -0.39 is 5.91 Å². The molecule has 0 aliphatic heterocycles. The molecule has 0 spiro atoms. The average molecular weight is 327 g/mol. The number of benzene rings is 2. The van der Waals surface area contributed by atoms with Gasteiger partial charge in [-0.1, -0.05) is 11.6 Å². The number of rotatable bonds is 3. The number of phenols is 1. The second-order valence-corrected chi connectivity index (χ2v) is 5.57. The van der Waals surface area contributed by atoms with Crippen LogP contribution in [0.1, 0.15) is 16.7 Å². The van der Waals surface area contributed by atoms with Gasteiger partial charge < -0.3 is 10.4 Å². The van der Waals surface area contributed by atoms with Gasteiger partial charge in [-0.25, -0.2) is 0 Å². The number of amides is 1. The number of carbonyl (C=O) groups excluding carboxylic acids is 1. The van der Waals surface area contributed by atoms with Crippen LogP contribution in [0.3, 0.4) is 0 Å². The molecule has 0 atom stereocenters. The quantitative estimate of drug-likeness (QED) is 0.655. The normalized spacial score (nSPS) is 11.0. The Labute approximate surface area is 139 Å². The summed E-state index contributed by atoms with van der Waals surface area (Å²) in [6, 6.07) is 11.9. The summed E-state index contributed by atoms with van der Waals surface area (Å²) in [7, 11) is 0. The van der Waals surface area contributed by atoms with E-state index in [0.29, 0.717) is 27.4 Å². The van der Waals surface area contributed by atoms with Crippen molar-refractivity contribution in [3.8, 4) is 11.8 Å². The van der Waals surface area contributed by atoms with Crippen molar-refractivity contribution in [1.82, 2.24) is 0 Å². The lowest BCUT2D eigenvalue weighted by atomic mass is 10.0. The zero-order chi connectivity index (χ0) is 17.0. The van der Waals surface area contributed by atoms with Gasteiger partial charge in [0.2, 0.25) is 0 Å². The molecule has 4 nitrogen and oxygen atoms in total. The number of nitrogens with one attached hydrogen (secondary N) is 1. The molecule has 0 unspecified atom stereocenters. The van der Waals surface area contributed by atoms with Gasteiger partial charge >= 0.3 is 0 Å². The van der Waals surface area contributed by atoms with Crippen molar-refractivity contribution in [2.75, 3.05) is 5.32 Å². The molecule has 2 aromatic carbocycles. The third-order valence-corrected chi connectivity index (χ3v) is 3.54. The number of phenolic OH excluding ortho intramolecular Hbond substituents is 1. The smallest absolute Gasteiger partial charge is 0.266 e. The van der Waals surface area contributed by atoms with Gasteiger partial charge in [0.05, 0.1) is 0 Å². The van der Waals surface area contributed by atoms with Gasteiger partial charge in [-0.15, -0.1) is 0 Å². The standard InChI is InChI=1S/C18H15ClN2O2/c1-11-7-13(8-12(2)17(11)22)9-14(10-20)18(23)21-16-5-3-15(19)4-6-16/h3-9,22H,1-2H3,(H,21,23). The number of anilines is 1. The van der Waals surface area contributed by atoms with Crippen molar-refractivity contribution >= 4 is 29.3 Å². The molecule has 23 heavy (non-hydrogen) atoms. The minimum atomic E-state index is -0.502. The minimum Gasteiger partial charge on any atom is -0.507 e. The van der Waals surface area contributed by atoms with Gasteiger partial charge in [-0.05, 0) is 73.0 Å². The summed E-state index contributed by atoms with van der Waals surface area (Å²) in [5, 5.41) is 22.2. The fraction of sp³-hybridized carbons (Fsp3) is 0.111. The Morgan fingerprint density at radius 1 is 1.22 bits per heavy atom. The number of hydrogen-bond donors (Lipinski definition) is 2. The van der Waals surface area contributed by atoms with E-state index in [1.165, 1.54) is 6.08 Å². The predicted molar refractivity (Wildman–Crippen MR) is 91.3 cm³/mol. The van der Waals surface area contributed by atoms with Gasteiger partial charge in [0.15, 0.2) is 0 Å². The molecule has 0 aliphatic carbocycles. The predicted octanol–water partition coefficient (Wildman–Crippen LogP) is 4.21. The highest BCUT2D eigenvalue weighted by Gasteiger charge is 2.10. The largest absolute Gasteiger partial charge is 0.507 e. The summed E-state index contributed by atoms with van der Waals surface area (Å²) in [6.45, 7) is 3.53. The van der Waals surface area contributed by atoms with Crippen LogP contribution < -0.4 is 5.32 Å². The van der Waals surface area contributed by atoms with Crippen molar-refractivity contribution in [3.63, 3.8) is 0 Å². The molecule has 2 N–H and O–H groups in total. The molecule has 2 aromatic rings. The van der Waals surface area contributed by atoms with Crippen molar-refractivity contribution in [2.45, 2.75) is 13.8 Å². The van der Waals surface area contributed by atoms with Crippen molar-refractivity contribution in [1.29, 1.82) is 5.26 Å². The molecular formula is C18H15ClN2O2. The van der Waals surface area contributed by atoms with Crippen LogP contribution in [0.2, 0.25) is 5.02 Å². The number of nitriles is 1. The van der Waals surface area contributed by atoms with Crippen molar-refractivity contribution in [2.24, 2.45) is 0 Å². The minimum absolute atomic E-state index is 0.0237. The molecule has 0 saturated carbocycles. The molecule has 116 valence electrons. The highest BCUT2D eigenvalue weighted by atomic mass is 35.5. The molecule has 0 heterocycles. The maximum atomic E-state index is 12.2. The lowest BCUT2D eigenvalue weighted by Crippen LogP contribution is -2.13. The zero-order valence-electron chi connectivity index (χ0n) is 12.7. The average Bonchev–Trinajstić information content (AvgIpc) is 2.52. The summed E-state index contributed by atoms with van der Waals surface area (Å²) in [5.74, 6) is -0.288. The van der Waals surface area contributed by atoms with Crippen molar-refractivity contribution in [3.05, 3.63) is 63.7 Å². The van der Waals surface area contributed by atoms with E-state index in [0.717, 1.165) is 0 Å². The van der Waals surface area contributed by atoms with Gasteiger partial charge in [0, 0.05) is 10.7 Å². The number of aromatic hydroxyl groups is 1. The van der Waals surface area contributed by atoms with Crippen LogP contribution in [0.5, 0.6) is 5.75 Å². The molecule has 0 bridgehead atoms. The topological polar surface area (TPSA) is 73.1 Å². The molecular weight excluding hydrogens is 312 g/mol. The van der Waals surface area contributed by atoms with Gasteiger partial charge in [0.1, 0.15) is 17.4 Å². The van der Waals surface area contributed by atoms with Crippen LogP contribution in [0.25, 0.3) is 6.08 Å². The molecule has 0 radical (unpaired) electrons. The van der Waals surface area contributed by atoms with E-state index in [1.807, 2.05) is 6.07 Å². The van der Waals surface area contributed by atoms with E-state index in [4.69, 9.17) is 11.6 Å². The Balaban J connectivity index is 2.26. The van der Waals surface area contributed by atoms with Crippen LogP contribution >= 0.6 is 11.6 Å². The van der Waals surface area contributed by atoms with Gasteiger partial charge in [0.25, 0.3) is 5.91 Å². The van der Waals surface area contributed by atoms with E-state index in [2.05, 4.69) is 5.32 Å². The Hall–Kier alpha value is -2.77. The Morgan fingerprint density at radius 2 is 1.78 bits per heavy atom. The SMILES string of the molecule is Cc1cc(C=C(C#N)C(=O)Nc2ccc(Cl)cc2)cc(C)c1O. The van der Waals surface area contributed by atoms with Crippen LogP contribution in [-0.2, 0) is 4.79 Å². The number of halogens is 1. The van der Waals surface area contributed by atoms with Crippen LogP contribution in [0.15, 0.2) is 42.0 Å². The summed E-state index contributed by atoms with van der Waals surface area (Å²) in [5.41, 5.74) is 2.59. The molecule has 0 aromatic heterocycles. The summed E-state index contributed by atoms with van der Waals surface area (Å²) in [4.78, 5) is 12.2. The van der Waals surface area contributed by atoms with Crippen LogP contribution in [-0.4, -0.2) is 11.0 Å². The zero-order valence-corrected chi connectivity index (χ0v) is 13.5. The second kappa shape index (κ2) is 6.99. The monoisotopic (exact) mass is 326 g/mol. The van der Waals surface area contributed by atoms with E-state index in [9.17, 15) is 15.2 Å². The van der Waals surface area contributed by atoms with Crippen molar-refractivity contribution < 1.29 is 9.90 Å². The summed E-state index contributed by atoms with van der Waals surface area (Å²) < 4.78 is 0. The lowest BCUT2D eigenvalue weighted by Gasteiger charge is -2.07. The maximum absolute atomic E-state index is 12.2. The summed E-state index contributed by atoms with van der Waals surface area (Å²) in [6.07, 6.45) is 1.49. The lowest BCUT2D eigenvalue weighted by molar-refractivity contribution is -0.112. The first-order chi connectivity index (χ1) is 10.9. The first kappa shape index (κ1) is 16.6. The van der Waals surface area contributed by atoms with Gasteiger partial charge in [-0.2, -0.15) is 5.26 Å². The molecule has 2 rings (SSSR count). The van der Waals surface area contributed by atoms with E-state index >= 15 is 0 Å². The number of hydrogen-bond acceptors (Lipinski definition) is 3. The Bertz CT molecular complexity index is 795. The van der Waals surface area contributed by atoms with Crippen LogP contribution in [0.4, 0.5) is 5.69 Å². The molecule has 5 heteroatoms. The first-order valence-electron chi connectivity index (χ1n) is 6.89. The third kappa shape index (κ3) is 4.12. The number of aryl methyl sites for hydroxylation is 2. The van der Waals surface area contributed by atoms with Gasteiger partial charge in [-0.3, -0.25) is 4.79 Å². The van der Waals surface area contributed by atoms with Crippen LogP contribution in [0, 0.1) is 25.2 Å². The first-order valence-corrected chi connectivity index (χ1v) is 7.27. The molecule has 0 fully saturated rings. The number of carbonyl (C=O) groups is 1. The Kier molecular flexibility index (Phi) is 5.05. The second-order valence-electron chi connectivity index (χ2n) is 5.13. The van der Waals surface area contributed by atoms with E-state index in [1.54, 1.807) is 50.2 Å². The highest BCUT2D eigenvalue weighted by Crippen LogP contribution is 2.24. The third-order valence-electron chi connectivity index (χ3n) is 3.29. The molecule has 0 aliphatic rings. The number of nitrogens with zero attached hydrogens (tertiary/aromatic N) is 1.